The van der Waals surface area contributed by atoms with Crippen molar-refractivity contribution in [2.24, 2.45) is 0 Å². The summed E-state index contributed by atoms with van der Waals surface area (Å²) in [6, 6.07) is 13.7. The Bertz CT molecular complexity index is 884. The summed E-state index contributed by atoms with van der Waals surface area (Å²) in [6.45, 7) is 1.69. The predicted octanol–water partition coefficient (Wildman–Crippen LogP) is 4.31. The zero-order chi connectivity index (χ0) is 17.1. The fourth-order valence-corrected chi connectivity index (χ4v) is 3.47. The molecule has 1 aliphatic heterocycles. The molecule has 1 aliphatic rings. The Kier molecular flexibility index (Phi) is 4.42. The van der Waals surface area contributed by atoms with Gasteiger partial charge in [0.05, 0.1) is 16.8 Å². The Morgan fingerprint density at radius 3 is 2.40 bits per heavy atom. The molecule has 0 saturated carbocycles. The molecule has 1 aromatic carbocycles. The summed E-state index contributed by atoms with van der Waals surface area (Å²) >= 11 is 0. The van der Waals surface area contributed by atoms with Crippen LogP contribution in [0.4, 0.5) is 0 Å². The first-order valence-corrected chi connectivity index (χ1v) is 8.92. The molecule has 0 atom stereocenters. The fraction of sp³-hybridized carbons (Fsp3) is 0.286. The number of carbonyl (C=O) groups excluding carboxylic acids is 1. The van der Waals surface area contributed by atoms with Crippen molar-refractivity contribution in [2.45, 2.75) is 25.7 Å². The first-order chi connectivity index (χ1) is 12.3. The molecule has 3 aromatic rings. The molecule has 0 aliphatic carbocycles. The Balaban J connectivity index is 1.82. The van der Waals surface area contributed by atoms with Gasteiger partial charge in [-0.3, -0.25) is 9.78 Å². The van der Waals surface area contributed by atoms with E-state index in [-0.39, 0.29) is 5.91 Å². The third-order valence-corrected chi connectivity index (χ3v) is 4.82. The van der Waals surface area contributed by atoms with Gasteiger partial charge in [0.25, 0.3) is 5.91 Å². The zero-order valence-electron chi connectivity index (χ0n) is 14.2. The Labute approximate surface area is 147 Å². The quantitative estimate of drug-likeness (QED) is 0.703. The number of rotatable bonds is 2. The molecule has 25 heavy (non-hydrogen) atoms. The fourth-order valence-electron chi connectivity index (χ4n) is 3.47. The summed E-state index contributed by atoms with van der Waals surface area (Å²) in [5.74, 6) is 0.121. The van der Waals surface area contributed by atoms with Gasteiger partial charge in [-0.15, -0.1) is 0 Å². The molecule has 4 nitrogen and oxygen atoms in total. The minimum Gasteiger partial charge on any atom is -0.339 e. The van der Waals surface area contributed by atoms with Crippen LogP contribution >= 0.6 is 0 Å². The molecule has 0 unspecified atom stereocenters. The minimum atomic E-state index is 0.121. The van der Waals surface area contributed by atoms with Crippen LogP contribution in [0.2, 0.25) is 0 Å². The van der Waals surface area contributed by atoms with E-state index in [4.69, 9.17) is 4.98 Å². The highest BCUT2D eigenvalue weighted by Crippen LogP contribution is 2.26. The van der Waals surface area contributed by atoms with Crippen LogP contribution in [0.25, 0.3) is 22.2 Å². The van der Waals surface area contributed by atoms with Crippen LogP contribution < -0.4 is 0 Å². The number of aromatic nitrogens is 2. The molecule has 3 heterocycles. The Hall–Kier alpha value is -2.75. The van der Waals surface area contributed by atoms with E-state index in [0.29, 0.717) is 0 Å². The summed E-state index contributed by atoms with van der Waals surface area (Å²) in [5.41, 5.74) is 3.40. The minimum absolute atomic E-state index is 0.121. The van der Waals surface area contributed by atoms with E-state index in [9.17, 15) is 4.79 Å². The normalized spacial score (nSPS) is 15.1. The predicted molar refractivity (Wildman–Crippen MR) is 99.3 cm³/mol. The summed E-state index contributed by atoms with van der Waals surface area (Å²) < 4.78 is 0. The molecule has 4 heteroatoms. The largest absolute Gasteiger partial charge is 0.339 e. The lowest BCUT2D eigenvalue weighted by Crippen LogP contribution is -2.32. The van der Waals surface area contributed by atoms with Gasteiger partial charge < -0.3 is 4.90 Å². The highest BCUT2D eigenvalue weighted by molar-refractivity contribution is 6.07. The van der Waals surface area contributed by atoms with Crippen molar-refractivity contribution in [3.05, 3.63) is 60.4 Å². The third-order valence-electron chi connectivity index (χ3n) is 4.82. The summed E-state index contributed by atoms with van der Waals surface area (Å²) in [7, 11) is 0. The number of carbonyl (C=O) groups is 1. The topological polar surface area (TPSA) is 46.1 Å². The van der Waals surface area contributed by atoms with Crippen LogP contribution in [0.15, 0.2) is 54.9 Å². The molecule has 0 radical (unpaired) electrons. The maximum absolute atomic E-state index is 13.2. The van der Waals surface area contributed by atoms with Gasteiger partial charge in [-0.25, -0.2) is 4.98 Å². The maximum Gasteiger partial charge on any atom is 0.254 e. The number of amides is 1. The molecule has 126 valence electrons. The van der Waals surface area contributed by atoms with Crippen molar-refractivity contribution >= 4 is 16.8 Å². The zero-order valence-corrected chi connectivity index (χ0v) is 14.2. The average molecular weight is 331 g/mol. The molecular formula is C21H21N3O. The third kappa shape index (κ3) is 3.25. The molecule has 1 saturated heterocycles. The first kappa shape index (κ1) is 15.8. The van der Waals surface area contributed by atoms with E-state index >= 15 is 0 Å². The van der Waals surface area contributed by atoms with E-state index in [1.54, 1.807) is 12.4 Å². The molecule has 0 bridgehead atoms. The van der Waals surface area contributed by atoms with Crippen molar-refractivity contribution in [1.29, 1.82) is 0 Å². The van der Waals surface area contributed by atoms with Gasteiger partial charge in [0.1, 0.15) is 0 Å². The number of fused-ring (bicyclic) bond motifs is 1. The second-order valence-corrected chi connectivity index (χ2v) is 6.51. The highest BCUT2D eigenvalue weighted by atomic mass is 16.2. The van der Waals surface area contributed by atoms with Gasteiger partial charge in [0.2, 0.25) is 0 Å². The maximum atomic E-state index is 13.2. The van der Waals surface area contributed by atoms with Gasteiger partial charge >= 0.3 is 0 Å². The second kappa shape index (κ2) is 7.01. The molecule has 1 amide bonds. The lowest BCUT2D eigenvalue weighted by molar-refractivity contribution is 0.0763. The van der Waals surface area contributed by atoms with Gasteiger partial charge in [-0.05, 0) is 37.1 Å². The molecule has 0 spiro atoms. The number of para-hydroxylation sites is 1. The van der Waals surface area contributed by atoms with Crippen molar-refractivity contribution < 1.29 is 4.79 Å². The number of nitrogens with zero attached hydrogens (tertiary/aromatic N) is 3. The molecule has 2 aromatic heterocycles. The van der Waals surface area contributed by atoms with Gasteiger partial charge in [0, 0.05) is 36.4 Å². The van der Waals surface area contributed by atoms with Crippen LogP contribution in [0.1, 0.15) is 36.0 Å². The second-order valence-electron chi connectivity index (χ2n) is 6.51. The summed E-state index contributed by atoms with van der Waals surface area (Å²) in [5, 5.41) is 0.926. The molecule has 0 N–H and O–H groups in total. The van der Waals surface area contributed by atoms with Crippen molar-refractivity contribution in [1.82, 2.24) is 14.9 Å². The van der Waals surface area contributed by atoms with Crippen LogP contribution in [0.3, 0.4) is 0 Å². The molecule has 4 rings (SSSR count). The smallest absolute Gasteiger partial charge is 0.254 e. The van der Waals surface area contributed by atoms with E-state index in [0.717, 1.165) is 53.7 Å². The lowest BCUT2D eigenvalue weighted by Gasteiger charge is -2.21. The number of hydrogen-bond acceptors (Lipinski definition) is 3. The Morgan fingerprint density at radius 1 is 0.920 bits per heavy atom. The molecule has 1 fully saturated rings. The van der Waals surface area contributed by atoms with Crippen LogP contribution in [-0.4, -0.2) is 33.9 Å². The standard InChI is InChI=1S/C21H21N3O/c25-21(24-13-5-1-2-6-14-24)18-15-20(16-9-11-22-12-10-16)23-19-8-4-3-7-17(18)19/h3-4,7-12,15H,1-2,5-6,13-14H2. The van der Waals surface area contributed by atoms with Crippen molar-refractivity contribution in [2.75, 3.05) is 13.1 Å². The average Bonchev–Trinajstić information content (AvgIpc) is 2.97. The number of benzene rings is 1. The van der Waals surface area contributed by atoms with E-state index in [2.05, 4.69) is 4.98 Å². The van der Waals surface area contributed by atoms with Crippen LogP contribution in [0.5, 0.6) is 0 Å². The van der Waals surface area contributed by atoms with E-state index in [1.165, 1.54) is 12.8 Å². The van der Waals surface area contributed by atoms with Crippen LogP contribution in [0, 0.1) is 0 Å². The van der Waals surface area contributed by atoms with Crippen molar-refractivity contribution in [3.8, 4) is 11.3 Å². The molecular weight excluding hydrogens is 310 g/mol. The summed E-state index contributed by atoms with van der Waals surface area (Å²) in [4.78, 5) is 24.1. The van der Waals surface area contributed by atoms with Gasteiger partial charge in [0.15, 0.2) is 0 Å². The monoisotopic (exact) mass is 331 g/mol. The summed E-state index contributed by atoms with van der Waals surface area (Å²) in [6.07, 6.45) is 8.11. The van der Waals surface area contributed by atoms with E-state index in [1.807, 2.05) is 47.4 Å². The van der Waals surface area contributed by atoms with Gasteiger partial charge in [-0.1, -0.05) is 31.0 Å². The first-order valence-electron chi connectivity index (χ1n) is 8.92. The lowest BCUT2D eigenvalue weighted by atomic mass is 10.0. The SMILES string of the molecule is O=C(c1cc(-c2ccncc2)nc2ccccc12)N1CCCCCC1. The number of likely N-dealkylation sites (tertiary alicyclic amines) is 1. The van der Waals surface area contributed by atoms with Crippen LogP contribution in [-0.2, 0) is 0 Å². The number of hydrogen-bond donors (Lipinski definition) is 0. The van der Waals surface area contributed by atoms with Crippen molar-refractivity contribution in [3.63, 3.8) is 0 Å². The highest BCUT2D eigenvalue weighted by Gasteiger charge is 2.20. The Morgan fingerprint density at radius 2 is 1.64 bits per heavy atom. The van der Waals surface area contributed by atoms with Gasteiger partial charge in [-0.2, -0.15) is 0 Å². The van der Waals surface area contributed by atoms with E-state index < -0.39 is 0 Å². The number of pyridine rings is 2.